The smallest absolute Gasteiger partial charge is 0.463 e. The minimum atomic E-state index is -1.85. The molecule has 0 fully saturated rings. The average Bonchev–Trinajstić information content (AvgIpc) is 2.17. The van der Waals surface area contributed by atoms with Crippen molar-refractivity contribution in [1.29, 1.82) is 0 Å². The summed E-state index contributed by atoms with van der Waals surface area (Å²) in [5, 5.41) is 17.7. The summed E-state index contributed by atoms with van der Waals surface area (Å²) in [7, 11) is -0.443. The summed E-state index contributed by atoms with van der Waals surface area (Å²) >= 11 is 1.88. The molecule has 4 nitrogen and oxygen atoms in total. The monoisotopic (exact) mass is 326 g/mol. The van der Waals surface area contributed by atoms with Gasteiger partial charge >= 0.3 is 7.12 Å². The Morgan fingerprint density at radius 1 is 1.47 bits per heavy atom. The Kier molecular flexibility index (Phi) is 4.77. The molecule has 0 atom stereocenters. The molecule has 0 heterocycles. The Morgan fingerprint density at radius 2 is 2.13 bits per heavy atom. The molecule has 0 aliphatic carbocycles. The molecule has 0 saturated carbocycles. The third kappa shape index (κ3) is 3.04. The van der Waals surface area contributed by atoms with Crippen LogP contribution in [0.2, 0.25) is 0 Å². The first kappa shape index (κ1) is 12.7. The van der Waals surface area contributed by atoms with Gasteiger partial charge in [0.25, 0.3) is 0 Å². The molecule has 1 rings (SSSR count). The van der Waals surface area contributed by atoms with Crippen molar-refractivity contribution in [3.05, 3.63) is 21.5 Å². The van der Waals surface area contributed by atoms with Crippen molar-refractivity contribution < 1.29 is 23.9 Å². The molecule has 0 saturated heterocycles. The Bertz CT molecular complexity index is 348. The van der Waals surface area contributed by atoms with Crippen molar-refractivity contribution >= 4 is 35.2 Å². The van der Waals surface area contributed by atoms with Crippen LogP contribution in [-0.4, -0.2) is 31.1 Å². The largest absolute Gasteiger partial charge is 0.491 e. The van der Waals surface area contributed by atoms with Gasteiger partial charge in [0, 0.05) is 12.6 Å². The Labute approximate surface area is 100 Å². The molecule has 0 amide bonds. The van der Waals surface area contributed by atoms with Gasteiger partial charge in [0.1, 0.15) is 0 Å². The Morgan fingerprint density at radius 3 is 2.67 bits per heavy atom. The first-order valence-electron chi connectivity index (χ1n) is 4.03. The summed E-state index contributed by atoms with van der Waals surface area (Å²) in [6, 6.07) is 2.82. The van der Waals surface area contributed by atoms with E-state index in [4.69, 9.17) is 14.8 Å². The van der Waals surface area contributed by atoms with E-state index in [0.717, 1.165) is 0 Å². The highest BCUT2D eigenvalue weighted by atomic mass is 127. The summed E-state index contributed by atoms with van der Waals surface area (Å²) in [5.41, 5.74) is -0.221. The van der Waals surface area contributed by atoms with Crippen LogP contribution in [0.15, 0.2) is 12.1 Å². The van der Waals surface area contributed by atoms with Crippen molar-refractivity contribution in [3.63, 3.8) is 0 Å². The first-order valence-corrected chi connectivity index (χ1v) is 5.11. The van der Waals surface area contributed by atoms with Crippen molar-refractivity contribution in [2.24, 2.45) is 0 Å². The normalized spacial score (nSPS) is 10.2. The van der Waals surface area contributed by atoms with Crippen LogP contribution < -0.4 is 10.2 Å². The Balaban J connectivity index is 3.06. The van der Waals surface area contributed by atoms with E-state index in [1.807, 2.05) is 22.6 Å². The van der Waals surface area contributed by atoms with Crippen LogP contribution in [0.25, 0.3) is 0 Å². The number of halogens is 2. The number of methoxy groups -OCH3 is 1. The fraction of sp³-hybridized carbons (Fsp3) is 0.250. The fourth-order valence-electron chi connectivity index (χ4n) is 0.997. The molecule has 0 aromatic heterocycles. The highest BCUT2D eigenvalue weighted by Crippen LogP contribution is 2.23. The van der Waals surface area contributed by atoms with Crippen molar-refractivity contribution in [1.82, 2.24) is 0 Å². The van der Waals surface area contributed by atoms with Crippen molar-refractivity contribution in [2.75, 3.05) is 13.9 Å². The van der Waals surface area contributed by atoms with Gasteiger partial charge in [-0.3, -0.25) is 0 Å². The average molecular weight is 326 g/mol. The van der Waals surface area contributed by atoms with Gasteiger partial charge in [-0.15, -0.1) is 0 Å². The highest BCUT2D eigenvalue weighted by Gasteiger charge is 2.21. The van der Waals surface area contributed by atoms with E-state index in [-0.39, 0.29) is 18.0 Å². The maximum absolute atomic E-state index is 13.6. The van der Waals surface area contributed by atoms with Crippen molar-refractivity contribution in [3.8, 4) is 5.75 Å². The minimum Gasteiger partial charge on any atom is -0.463 e. The lowest BCUT2D eigenvalue weighted by Crippen LogP contribution is -2.33. The van der Waals surface area contributed by atoms with E-state index in [2.05, 4.69) is 4.74 Å². The van der Waals surface area contributed by atoms with Gasteiger partial charge in [0.15, 0.2) is 18.4 Å². The highest BCUT2D eigenvalue weighted by molar-refractivity contribution is 14.1. The third-order valence-electron chi connectivity index (χ3n) is 1.68. The van der Waals surface area contributed by atoms with Crippen LogP contribution in [0.5, 0.6) is 5.75 Å². The third-order valence-corrected chi connectivity index (χ3v) is 2.53. The molecule has 0 unspecified atom stereocenters. The second-order valence-electron chi connectivity index (χ2n) is 2.70. The lowest BCUT2D eigenvalue weighted by atomic mass is 9.80. The van der Waals surface area contributed by atoms with Crippen LogP contribution in [0.4, 0.5) is 4.39 Å². The van der Waals surface area contributed by atoms with Gasteiger partial charge in [0.2, 0.25) is 0 Å². The molecule has 2 N–H and O–H groups in total. The van der Waals surface area contributed by atoms with Crippen LogP contribution in [-0.2, 0) is 4.74 Å². The van der Waals surface area contributed by atoms with Crippen molar-refractivity contribution in [2.45, 2.75) is 0 Å². The molecular formula is C8H9BFIO4. The molecule has 1 aromatic rings. The fourth-order valence-corrected chi connectivity index (χ4v) is 1.57. The predicted molar refractivity (Wildman–Crippen MR) is 61.4 cm³/mol. The number of hydrogen-bond donors (Lipinski definition) is 2. The maximum atomic E-state index is 13.6. The molecular weight excluding hydrogens is 317 g/mol. The molecule has 0 aliphatic heterocycles. The zero-order valence-corrected chi connectivity index (χ0v) is 10.1. The summed E-state index contributed by atoms with van der Waals surface area (Å²) in [6.07, 6.45) is 0. The number of ether oxygens (including phenoxy) is 2. The SMILES string of the molecule is COCOc1c(I)ccc(B(O)O)c1F. The number of benzene rings is 1. The minimum absolute atomic E-state index is 0.0388. The topological polar surface area (TPSA) is 58.9 Å². The molecule has 0 aliphatic rings. The lowest BCUT2D eigenvalue weighted by molar-refractivity contribution is 0.0477. The van der Waals surface area contributed by atoms with Crippen LogP contribution in [0.1, 0.15) is 0 Å². The van der Waals surface area contributed by atoms with E-state index in [0.29, 0.717) is 3.57 Å². The standard InChI is InChI=1S/C8H9BFIO4/c1-14-4-15-8-6(11)3-2-5(7(8)10)9(12)13/h2-3,12-13H,4H2,1H3. The number of rotatable bonds is 4. The summed E-state index contributed by atoms with van der Waals surface area (Å²) in [5.74, 6) is -0.822. The molecule has 1 aromatic carbocycles. The van der Waals surface area contributed by atoms with Crippen LogP contribution in [0, 0.1) is 9.39 Å². The summed E-state index contributed by atoms with van der Waals surface area (Å²) < 4.78 is 23.8. The van der Waals surface area contributed by atoms with Gasteiger partial charge in [-0.1, -0.05) is 6.07 Å². The van der Waals surface area contributed by atoms with Gasteiger partial charge in [-0.25, -0.2) is 4.39 Å². The molecule has 0 radical (unpaired) electrons. The van der Waals surface area contributed by atoms with Gasteiger partial charge in [-0.2, -0.15) is 0 Å². The molecule has 0 bridgehead atoms. The van der Waals surface area contributed by atoms with E-state index < -0.39 is 12.9 Å². The van der Waals surface area contributed by atoms with Crippen LogP contribution in [0.3, 0.4) is 0 Å². The molecule has 7 heteroatoms. The van der Waals surface area contributed by atoms with E-state index >= 15 is 0 Å². The zero-order chi connectivity index (χ0) is 11.4. The molecule has 0 spiro atoms. The van der Waals surface area contributed by atoms with Gasteiger partial charge in [-0.05, 0) is 28.7 Å². The predicted octanol–water partition coefficient (Wildman–Crippen LogP) is 0.0928. The molecule has 82 valence electrons. The number of hydrogen-bond acceptors (Lipinski definition) is 4. The van der Waals surface area contributed by atoms with Crippen LogP contribution >= 0.6 is 22.6 Å². The second kappa shape index (κ2) is 5.64. The van der Waals surface area contributed by atoms with Gasteiger partial charge in [0.05, 0.1) is 3.57 Å². The summed E-state index contributed by atoms with van der Waals surface area (Å²) in [6.45, 7) is -0.0993. The summed E-state index contributed by atoms with van der Waals surface area (Å²) in [4.78, 5) is 0. The van der Waals surface area contributed by atoms with E-state index in [1.165, 1.54) is 19.2 Å². The quantitative estimate of drug-likeness (QED) is 0.468. The molecule has 15 heavy (non-hydrogen) atoms. The van der Waals surface area contributed by atoms with E-state index in [1.54, 1.807) is 0 Å². The second-order valence-corrected chi connectivity index (χ2v) is 3.87. The van der Waals surface area contributed by atoms with E-state index in [9.17, 15) is 4.39 Å². The lowest BCUT2D eigenvalue weighted by Gasteiger charge is -2.10. The first-order chi connectivity index (χ1) is 7.07. The Hall–Kier alpha value is -0.375. The van der Waals surface area contributed by atoms with Gasteiger partial charge < -0.3 is 19.5 Å². The maximum Gasteiger partial charge on any atom is 0.491 e. The zero-order valence-electron chi connectivity index (χ0n) is 7.91.